The number of Topliss-reactive ketones (excluding diaryl/α,β-unsaturated/α-hetero) is 1. The van der Waals surface area contributed by atoms with Crippen LogP contribution in [0.2, 0.25) is 0 Å². The first-order chi connectivity index (χ1) is 10.4. The Labute approximate surface area is 140 Å². The second-order valence-electron chi connectivity index (χ2n) is 5.49. The molecule has 1 unspecified atom stereocenters. The third-order valence-electron chi connectivity index (χ3n) is 2.91. The molecule has 0 heterocycles. The zero-order valence-electron chi connectivity index (χ0n) is 12.7. The van der Waals surface area contributed by atoms with E-state index < -0.39 is 33.9 Å². The third kappa shape index (κ3) is 5.85. The van der Waals surface area contributed by atoms with E-state index in [9.17, 15) is 22.8 Å². The standard InChI is InChI=1S/C15H16BrF3O4/c1-9(20)22-8-14(2,3)12(21)13(16)23-11-6-4-5-10(7-11)15(17,18)19/h4-7,13H,8H2,1-3H3. The summed E-state index contributed by atoms with van der Waals surface area (Å²) in [5.74, 6) is -1.09. The number of carbonyl (C=O) groups is 2. The normalized spacial score (nSPS) is 13.3. The second kappa shape index (κ2) is 7.33. The fourth-order valence-corrected chi connectivity index (χ4v) is 2.41. The van der Waals surface area contributed by atoms with E-state index in [-0.39, 0.29) is 12.4 Å². The van der Waals surface area contributed by atoms with Crippen LogP contribution in [0.15, 0.2) is 24.3 Å². The molecule has 0 aliphatic carbocycles. The number of halogens is 4. The van der Waals surface area contributed by atoms with Crippen LogP contribution < -0.4 is 4.74 Å². The van der Waals surface area contributed by atoms with Gasteiger partial charge < -0.3 is 9.47 Å². The molecule has 1 aromatic rings. The molecule has 1 aromatic carbocycles. The van der Waals surface area contributed by atoms with Gasteiger partial charge in [-0.05, 0) is 48.0 Å². The SMILES string of the molecule is CC(=O)OCC(C)(C)C(=O)C(Br)Oc1cccc(C(F)(F)F)c1. The number of rotatable bonds is 6. The quantitative estimate of drug-likeness (QED) is 0.539. The summed E-state index contributed by atoms with van der Waals surface area (Å²) in [6, 6.07) is 4.21. The molecule has 4 nitrogen and oxygen atoms in total. The fraction of sp³-hybridized carbons (Fsp3) is 0.467. The van der Waals surface area contributed by atoms with Gasteiger partial charge >= 0.3 is 12.1 Å². The molecule has 128 valence electrons. The predicted octanol–water partition coefficient (Wildman–Crippen LogP) is 3.96. The van der Waals surface area contributed by atoms with Crippen LogP contribution in [0.5, 0.6) is 5.75 Å². The van der Waals surface area contributed by atoms with Crippen LogP contribution in [0.4, 0.5) is 13.2 Å². The minimum atomic E-state index is -4.50. The molecule has 0 aliphatic rings. The highest BCUT2D eigenvalue weighted by molar-refractivity contribution is 9.09. The van der Waals surface area contributed by atoms with Gasteiger partial charge in [-0.15, -0.1) is 0 Å². The number of ketones is 1. The molecule has 1 rings (SSSR count). The first kappa shape index (κ1) is 19.5. The highest BCUT2D eigenvalue weighted by Crippen LogP contribution is 2.32. The van der Waals surface area contributed by atoms with Gasteiger partial charge in [0.1, 0.15) is 12.4 Å². The minimum absolute atomic E-state index is 0.0988. The molecule has 8 heteroatoms. The van der Waals surface area contributed by atoms with Crippen molar-refractivity contribution in [2.45, 2.75) is 32.0 Å². The van der Waals surface area contributed by atoms with Crippen molar-refractivity contribution in [1.29, 1.82) is 0 Å². The van der Waals surface area contributed by atoms with Crippen molar-refractivity contribution >= 4 is 27.7 Å². The summed E-state index contributed by atoms with van der Waals surface area (Å²) in [5, 5.41) is -1.17. The predicted molar refractivity (Wildman–Crippen MR) is 80.2 cm³/mol. The Balaban J connectivity index is 2.81. The van der Waals surface area contributed by atoms with Crippen molar-refractivity contribution in [2.24, 2.45) is 5.41 Å². The maximum Gasteiger partial charge on any atom is 0.416 e. The van der Waals surface area contributed by atoms with Crippen LogP contribution in [-0.2, 0) is 20.5 Å². The Kier molecular flexibility index (Phi) is 6.21. The summed E-state index contributed by atoms with van der Waals surface area (Å²) in [7, 11) is 0. The summed E-state index contributed by atoms with van der Waals surface area (Å²) >= 11 is 3.00. The molecule has 0 spiro atoms. The van der Waals surface area contributed by atoms with E-state index in [0.29, 0.717) is 0 Å². The second-order valence-corrected chi connectivity index (χ2v) is 6.32. The molecule has 0 aliphatic heterocycles. The summed E-state index contributed by atoms with van der Waals surface area (Å²) < 4.78 is 48.0. The van der Waals surface area contributed by atoms with E-state index in [1.54, 1.807) is 13.8 Å². The molecule has 0 amide bonds. The van der Waals surface area contributed by atoms with Crippen molar-refractivity contribution in [1.82, 2.24) is 0 Å². The third-order valence-corrected chi connectivity index (χ3v) is 3.51. The van der Waals surface area contributed by atoms with Gasteiger partial charge in [0.25, 0.3) is 0 Å². The molecule has 0 radical (unpaired) electrons. The number of hydrogen-bond acceptors (Lipinski definition) is 4. The van der Waals surface area contributed by atoms with E-state index in [4.69, 9.17) is 9.47 Å². The molecule has 0 saturated carbocycles. The number of hydrogen-bond donors (Lipinski definition) is 0. The molecule has 0 N–H and O–H groups in total. The van der Waals surface area contributed by atoms with E-state index in [1.165, 1.54) is 19.1 Å². The van der Waals surface area contributed by atoms with Gasteiger partial charge in [-0.2, -0.15) is 13.2 Å². The zero-order chi connectivity index (χ0) is 17.8. The lowest BCUT2D eigenvalue weighted by molar-refractivity contribution is -0.147. The van der Waals surface area contributed by atoms with E-state index in [2.05, 4.69) is 15.9 Å². The molecule has 1 atom stereocenters. The highest BCUT2D eigenvalue weighted by atomic mass is 79.9. The van der Waals surface area contributed by atoms with Crippen molar-refractivity contribution in [3.05, 3.63) is 29.8 Å². The lowest BCUT2D eigenvalue weighted by Crippen LogP contribution is -2.38. The average Bonchev–Trinajstić information content (AvgIpc) is 2.43. The van der Waals surface area contributed by atoms with E-state index in [0.717, 1.165) is 12.1 Å². The molecule has 0 bridgehead atoms. The first-order valence-corrected chi connectivity index (χ1v) is 7.51. The minimum Gasteiger partial charge on any atom is -0.471 e. The Morgan fingerprint density at radius 3 is 2.39 bits per heavy atom. The summed E-state index contributed by atoms with van der Waals surface area (Å²) in [6.45, 7) is 4.14. The number of esters is 1. The molecular formula is C15H16BrF3O4. The molecular weight excluding hydrogens is 381 g/mol. The number of alkyl halides is 4. The van der Waals surface area contributed by atoms with Gasteiger partial charge in [0.2, 0.25) is 5.01 Å². The van der Waals surface area contributed by atoms with Gasteiger partial charge in [0.15, 0.2) is 5.78 Å². The van der Waals surface area contributed by atoms with Crippen LogP contribution in [-0.4, -0.2) is 23.4 Å². The van der Waals surface area contributed by atoms with E-state index >= 15 is 0 Å². The van der Waals surface area contributed by atoms with Gasteiger partial charge in [0, 0.05) is 6.92 Å². The van der Waals surface area contributed by atoms with Crippen LogP contribution in [0.25, 0.3) is 0 Å². The lowest BCUT2D eigenvalue weighted by atomic mass is 9.89. The zero-order valence-corrected chi connectivity index (χ0v) is 14.3. The lowest BCUT2D eigenvalue weighted by Gasteiger charge is -2.25. The Bertz CT molecular complexity index is 584. The first-order valence-electron chi connectivity index (χ1n) is 6.59. The topological polar surface area (TPSA) is 52.6 Å². The van der Waals surface area contributed by atoms with Gasteiger partial charge in [-0.25, -0.2) is 0 Å². The van der Waals surface area contributed by atoms with Crippen molar-refractivity contribution in [3.63, 3.8) is 0 Å². The van der Waals surface area contributed by atoms with Crippen LogP contribution in [0.1, 0.15) is 26.3 Å². The van der Waals surface area contributed by atoms with Crippen molar-refractivity contribution < 1.29 is 32.2 Å². The van der Waals surface area contributed by atoms with Crippen LogP contribution in [0, 0.1) is 5.41 Å². The summed E-state index contributed by atoms with van der Waals surface area (Å²) in [4.78, 5) is 23.1. The van der Waals surface area contributed by atoms with Crippen LogP contribution >= 0.6 is 15.9 Å². The van der Waals surface area contributed by atoms with Gasteiger partial charge in [-0.1, -0.05) is 6.07 Å². The Morgan fingerprint density at radius 2 is 1.87 bits per heavy atom. The molecule has 0 aromatic heterocycles. The molecule has 0 fully saturated rings. The van der Waals surface area contributed by atoms with Crippen molar-refractivity contribution in [2.75, 3.05) is 6.61 Å². The number of carbonyl (C=O) groups excluding carboxylic acids is 2. The smallest absolute Gasteiger partial charge is 0.416 e. The Morgan fingerprint density at radius 1 is 1.26 bits per heavy atom. The maximum atomic E-state index is 12.6. The molecule has 0 saturated heterocycles. The largest absolute Gasteiger partial charge is 0.471 e. The highest BCUT2D eigenvalue weighted by Gasteiger charge is 2.35. The monoisotopic (exact) mass is 396 g/mol. The summed E-state index contributed by atoms with van der Waals surface area (Å²) in [6.07, 6.45) is -4.50. The number of benzene rings is 1. The number of ether oxygens (including phenoxy) is 2. The van der Waals surface area contributed by atoms with Crippen LogP contribution in [0.3, 0.4) is 0 Å². The maximum absolute atomic E-state index is 12.6. The van der Waals surface area contributed by atoms with Gasteiger partial charge in [-0.3, -0.25) is 9.59 Å². The summed E-state index contributed by atoms with van der Waals surface area (Å²) in [5.41, 5.74) is -1.93. The van der Waals surface area contributed by atoms with E-state index in [1.807, 2.05) is 0 Å². The Hall–Kier alpha value is -1.57. The van der Waals surface area contributed by atoms with Gasteiger partial charge in [0.05, 0.1) is 11.0 Å². The van der Waals surface area contributed by atoms with Crippen molar-refractivity contribution in [3.8, 4) is 5.75 Å². The molecule has 23 heavy (non-hydrogen) atoms. The average molecular weight is 397 g/mol. The fourth-order valence-electron chi connectivity index (χ4n) is 1.58.